The van der Waals surface area contributed by atoms with Gasteiger partial charge in [-0.2, -0.15) is 5.10 Å². The number of rotatable bonds is 1. The number of aromatic nitrogens is 2. The zero-order chi connectivity index (χ0) is 20.6. The van der Waals surface area contributed by atoms with Gasteiger partial charge in [0.2, 0.25) is 5.91 Å². The Labute approximate surface area is 165 Å². The Bertz CT molecular complexity index is 787. The van der Waals surface area contributed by atoms with E-state index in [0.29, 0.717) is 51.4 Å². The second kappa shape index (κ2) is 7.44. The summed E-state index contributed by atoms with van der Waals surface area (Å²) in [5.41, 5.74) is 1.59. The number of carbonyl (C=O) groups excluding carboxylic acids is 3. The zero-order valence-corrected chi connectivity index (χ0v) is 17.3. The molecule has 1 aromatic heterocycles. The van der Waals surface area contributed by atoms with Crippen molar-refractivity contribution in [2.75, 3.05) is 32.7 Å². The van der Waals surface area contributed by atoms with Crippen LogP contribution in [-0.2, 0) is 29.5 Å². The molecule has 1 saturated heterocycles. The van der Waals surface area contributed by atoms with Gasteiger partial charge in [0.15, 0.2) is 5.69 Å². The number of amides is 3. The van der Waals surface area contributed by atoms with Gasteiger partial charge in [0.25, 0.3) is 5.91 Å². The summed E-state index contributed by atoms with van der Waals surface area (Å²) in [5, 5.41) is 4.46. The van der Waals surface area contributed by atoms with Gasteiger partial charge in [0.05, 0.1) is 6.54 Å². The summed E-state index contributed by atoms with van der Waals surface area (Å²) in [6.45, 7) is 9.91. The van der Waals surface area contributed by atoms with Gasteiger partial charge in [-0.25, -0.2) is 4.79 Å². The number of fused-ring (bicyclic) bond motifs is 1. The molecular formula is C19H29N5O4. The second-order valence-electron chi connectivity index (χ2n) is 8.35. The zero-order valence-electron chi connectivity index (χ0n) is 17.3. The van der Waals surface area contributed by atoms with Crippen molar-refractivity contribution in [1.29, 1.82) is 0 Å². The molecule has 0 aromatic carbocycles. The number of ether oxygens (including phenoxy) is 1. The first-order valence-electron chi connectivity index (χ1n) is 9.64. The Balaban J connectivity index is 1.76. The van der Waals surface area contributed by atoms with Gasteiger partial charge in [-0.05, 0) is 20.8 Å². The maximum absolute atomic E-state index is 13.1. The largest absolute Gasteiger partial charge is 0.444 e. The molecule has 0 atom stereocenters. The molecule has 1 fully saturated rings. The van der Waals surface area contributed by atoms with Crippen molar-refractivity contribution in [3.05, 3.63) is 17.0 Å². The predicted molar refractivity (Wildman–Crippen MR) is 102 cm³/mol. The quantitative estimate of drug-likeness (QED) is 0.713. The number of carbonyl (C=O) groups is 3. The third-order valence-corrected chi connectivity index (χ3v) is 5.11. The van der Waals surface area contributed by atoms with Gasteiger partial charge in [0.1, 0.15) is 5.60 Å². The van der Waals surface area contributed by atoms with E-state index in [-0.39, 0.29) is 17.9 Å². The highest BCUT2D eigenvalue weighted by Crippen LogP contribution is 2.25. The number of nitrogens with zero attached hydrogens (tertiary/aromatic N) is 5. The monoisotopic (exact) mass is 391 g/mol. The van der Waals surface area contributed by atoms with Crippen molar-refractivity contribution in [3.63, 3.8) is 0 Å². The van der Waals surface area contributed by atoms with Crippen LogP contribution >= 0.6 is 0 Å². The highest BCUT2D eigenvalue weighted by Gasteiger charge is 2.33. The second-order valence-corrected chi connectivity index (χ2v) is 8.35. The molecule has 0 N–H and O–H groups in total. The van der Waals surface area contributed by atoms with Crippen molar-refractivity contribution < 1.29 is 19.1 Å². The maximum Gasteiger partial charge on any atom is 0.410 e. The first kappa shape index (κ1) is 20.2. The first-order chi connectivity index (χ1) is 13.1. The fraction of sp³-hybridized carbons (Fsp3) is 0.684. The van der Waals surface area contributed by atoms with Crippen molar-refractivity contribution in [1.82, 2.24) is 24.5 Å². The Morgan fingerprint density at radius 2 is 1.57 bits per heavy atom. The van der Waals surface area contributed by atoms with E-state index >= 15 is 0 Å². The Hall–Kier alpha value is -2.58. The van der Waals surface area contributed by atoms with E-state index in [1.165, 1.54) is 6.92 Å². The minimum atomic E-state index is -0.568. The molecule has 0 aliphatic carbocycles. The molecule has 154 valence electrons. The molecule has 9 heteroatoms. The van der Waals surface area contributed by atoms with Crippen LogP contribution in [0.4, 0.5) is 4.79 Å². The van der Waals surface area contributed by atoms with Crippen LogP contribution in [0.1, 0.15) is 49.4 Å². The standard InChI is InChI=1S/C19H29N5O4/c1-13(25)22-8-10-23(11-9-22)17(26)16-14-12-24(18(27)28-19(2,3)4)7-6-15(14)21(5)20-16/h6-12H2,1-5H3. The number of hydrogen-bond acceptors (Lipinski definition) is 5. The van der Waals surface area contributed by atoms with E-state index in [9.17, 15) is 14.4 Å². The highest BCUT2D eigenvalue weighted by atomic mass is 16.6. The van der Waals surface area contributed by atoms with Crippen LogP contribution in [0, 0.1) is 0 Å². The van der Waals surface area contributed by atoms with E-state index in [4.69, 9.17) is 4.74 Å². The van der Waals surface area contributed by atoms with E-state index in [2.05, 4.69) is 5.10 Å². The number of piperazine rings is 1. The Morgan fingerprint density at radius 1 is 0.964 bits per heavy atom. The predicted octanol–water partition coefficient (Wildman–Crippen LogP) is 1.02. The summed E-state index contributed by atoms with van der Waals surface area (Å²) in [4.78, 5) is 42.1. The summed E-state index contributed by atoms with van der Waals surface area (Å²) in [6, 6.07) is 0. The molecule has 3 rings (SSSR count). The van der Waals surface area contributed by atoms with Crippen LogP contribution in [0.2, 0.25) is 0 Å². The molecule has 28 heavy (non-hydrogen) atoms. The topological polar surface area (TPSA) is 88.0 Å². The van der Waals surface area contributed by atoms with Gasteiger partial charge in [0, 0.05) is 64.4 Å². The summed E-state index contributed by atoms with van der Waals surface area (Å²) in [5.74, 6) is -0.124. The van der Waals surface area contributed by atoms with E-state index < -0.39 is 5.60 Å². The van der Waals surface area contributed by atoms with Crippen molar-refractivity contribution in [2.45, 2.75) is 46.3 Å². The smallest absolute Gasteiger partial charge is 0.410 e. The maximum atomic E-state index is 13.1. The molecule has 0 unspecified atom stereocenters. The van der Waals surface area contributed by atoms with Crippen LogP contribution in [0.5, 0.6) is 0 Å². The SMILES string of the molecule is CC(=O)N1CCN(C(=O)c2nn(C)c3c2CN(C(=O)OC(C)(C)C)CC3)CC1. The van der Waals surface area contributed by atoms with Crippen LogP contribution < -0.4 is 0 Å². The molecule has 3 amide bonds. The minimum absolute atomic E-state index is 0.0234. The fourth-order valence-corrected chi connectivity index (χ4v) is 3.62. The molecule has 3 heterocycles. The van der Waals surface area contributed by atoms with Crippen molar-refractivity contribution in [3.8, 4) is 0 Å². The molecule has 2 aliphatic heterocycles. The van der Waals surface area contributed by atoms with Crippen LogP contribution in [0.15, 0.2) is 0 Å². The molecule has 0 radical (unpaired) electrons. The average molecular weight is 391 g/mol. The number of hydrogen-bond donors (Lipinski definition) is 0. The van der Waals surface area contributed by atoms with Crippen molar-refractivity contribution >= 4 is 17.9 Å². The lowest BCUT2D eigenvalue weighted by atomic mass is 10.0. The summed E-state index contributed by atoms with van der Waals surface area (Å²) in [6.07, 6.45) is 0.249. The molecule has 2 aliphatic rings. The fourth-order valence-electron chi connectivity index (χ4n) is 3.62. The Kier molecular flexibility index (Phi) is 5.36. The van der Waals surface area contributed by atoms with Crippen LogP contribution in [0.3, 0.4) is 0 Å². The molecule has 9 nitrogen and oxygen atoms in total. The van der Waals surface area contributed by atoms with E-state index in [1.807, 2.05) is 27.8 Å². The van der Waals surface area contributed by atoms with Gasteiger partial charge < -0.3 is 19.4 Å². The Morgan fingerprint density at radius 3 is 2.14 bits per heavy atom. The molecule has 0 saturated carbocycles. The van der Waals surface area contributed by atoms with Gasteiger partial charge in [-0.1, -0.05) is 0 Å². The van der Waals surface area contributed by atoms with Gasteiger partial charge in [-0.15, -0.1) is 0 Å². The van der Waals surface area contributed by atoms with Gasteiger partial charge >= 0.3 is 6.09 Å². The highest BCUT2D eigenvalue weighted by molar-refractivity contribution is 5.94. The summed E-state index contributed by atoms with van der Waals surface area (Å²) in [7, 11) is 1.83. The molecule has 1 aromatic rings. The van der Waals surface area contributed by atoms with E-state index in [0.717, 1.165) is 11.3 Å². The third kappa shape index (κ3) is 4.13. The minimum Gasteiger partial charge on any atom is -0.444 e. The molecule has 0 bridgehead atoms. The lowest BCUT2D eigenvalue weighted by molar-refractivity contribution is -0.130. The van der Waals surface area contributed by atoms with Gasteiger partial charge in [-0.3, -0.25) is 14.3 Å². The lowest BCUT2D eigenvalue weighted by Crippen LogP contribution is -2.50. The molecular weight excluding hydrogens is 362 g/mol. The summed E-state index contributed by atoms with van der Waals surface area (Å²) >= 11 is 0. The van der Waals surface area contributed by atoms with Crippen molar-refractivity contribution in [2.24, 2.45) is 7.05 Å². The number of aryl methyl sites for hydroxylation is 1. The van der Waals surface area contributed by atoms with E-state index in [1.54, 1.807) is 19.4 Å². The third-order valence-electron chi connectivity index (χ3n) is 5.11. The molecule has 0 spiro atoms. The van der Waals surface area contributed by atoms with Crippen LogP contribution in [-0.4, -0.2) is 80.7 Å². The average Bonchev–Trinajstić information content (AvgIpc) is 2.96. The summed E-state index contributed by atoms with van der Waals surface area (Å²) < 4.78 is 7.21. The lowest BCUT2D eigenvalue weighted by Gasteiger charge is -2.34. The van der Waals surface area contributed by atoms with Crippen LogP contribution in [0.25, 0.3) is 0 Å². The normalized spacial score (nSPS) is 17.4. The first-order valence-corrected chi connectivity index (χ1v) is 9.64.